The lowest BCUT2D eigenvalue weighted by Gasteiger charge is -2.29. The maximum atomic E-state index is 11.9. The number of likely N-dealkylation sites (N-methyl/N-ethyl adjacent to an activating group) is 1. The summed E-state index contributed by atoms with van der Waals surface area (Å²) in [6.07, 6.45) is 1.21. The molecule has 1 atom stereocenters. The Kier molecular flexibility index (Phi) is 3.44. The van der Waals surface area contributed by atoms with Crippen LogP contribution in [0.1, 0.15) is 24.8 Å². The molecule has 1 fully saturated rings. The Morgan fingerprint density at radius 3 is 2.85 bits per heavy atom. The van der Waals surface area contributed by atoms with Crippen LogP contribution in [0.2, 0.25) is 0 Å². The topological polar surface area (TPSA) is 55.8 Å². The first-order chi connectivity index (χ1) is 9.63. The Bertz CT molecular complexity index is 555. The van der Waals surface area contributed by atoms with Gasteiger partial charge < -0.3 is 9.47 Å². The van der Waals surface area contributed by atoms with E-state index in [1.165, 1.54) is 0 Å². The van der Waals surface area contributed by atoms with Crippen LogP contribution in [0.5, 0.6) is 11.5 Å². The second-order valence-electron chi connectivity index (χ2n) is 5.34. The van der Waals surface area contributed by atoms with E-state index in [1.54, 1.807) is 0 Å². The maximum Gasteiger partial charge on any atom is 0.231 e. The number of nitrogens with zero attached hydrogens (tertiary/aromatic N) is 1. The zero-order valence-electron chi connectivity index (χ0n) is 11.4. The molecule has 1 aliphatic carbocycles. The lowest BCUT2D eigenvalue weighted by Crippen LogP contribution is -2.42. The molecule has 5 nitrogen and oxygen atoms in total. The Morgan fingerprint density at radius 2 is 2.05 bits per heavy atom. The van der Waals surface area contributed by atoms with E-state index in [0.29, 0.717) is 19.4 Å². The summed E-state index contributed by atoms with van der Waals surface area (Å²) in [4.78, 5) is 25.2. The van der Waals surface area contributed by atoms with Gasteiger partial charge in [-0.25, -0.2) is 0 Å². The lowest BCUT2D eigenvalue weighted by molar-refractivity contribution is -0.133. The van der Waals surface area contributed by atoms with Crippen molar-refractivity contribution in [2.75, 3.05) is 13.8 Å². The summed E-state index contributed by atoms with van der Waals surface area (Å²) in [7, 11) is 1.92. The summed E-state index contributed by atoms with van der Waals surface area (Å²) in [6.45, 7) is 0.916. The van der Waals surface area contributed by atoms with E-state index in [1.807, 2.05) is 30.1 Å². The quantitative estimate of drug-likeness (QED) is 0.783. The molecule has 5 heteroatoms. The largest absolute Gasteiger partial charge is 0.454 e. The van der Waals surface area contributed by atoms with Crippen molar-refractivity contribution in [1.29, 1.82) is 0 Å². The smallest absolute Gasteiger partial charge is 0.231 e. The van der Waals surface area contributed by atoms with E-state index in [4.69, 9.17) is 9.47 Å². The van der Waals surface area contributed by atoms with Crippen LogP contribution in [-0.4, -0.2) is 36.3 Å². The molecule has 106 valence electrons. The van der Waals surface area contributed by atoms with E-state index in [-0.39, 0.29) is 30.8 Å². The van der Waals surface area contributed by atoms with Crippen molar-refractivity contribution >= 4 is 11.6 Å². The second-order valence-corrected chi connectivity index (χ2v) is 5.34. The molecule has 0 radical (unpaired) electrons. The fraction of sp³-hybridized carbons (Fsp3) is 0.467. The number of carbonyl (C=O) groups excluding carboxylic acids is 2. The molecule has 1 aromatic rings. The summed E-state index contributed by atoms with van der Waals surface area (Å²) < 4.78 is 10.6. The van der Waals surface area contributed by atoms with Gasteiger partial charge >= 0.3 is 0 Å². The summed E-state index contributed by atoms with van der Waals surface area (Å²) in [5, 5.41) is 0. The molecule has 1 unspecified atom stereocenters. The van der Waals surface area contributed by atoms with Crippen molar-refractivity contribution in [2.45, 2.75) is 31.8 Å². The average Bonchev–Trinajstić information content (AvgIpc) is 2.85. The molecule has 3 rings (SSSR count). The van der Waals surface area contributed by atoms with Crippen LogP contribution in [-0.2, 0) is 16.1 Å². The van der Waals surface area contributed by atoms with Crippen molar-refractivity contribution < 1.29 is 19.1 Å². The molecule has 0 N–H and O–H groups in total. The van der Waals surface area contributed by atoms with Gasteiger partial charge in [-0.05, 0) is 31.2 Å². The van der Waals surface area contributed by atoms with E-state index in [9.17, 15) is 9.59 Å². The molecule has 0 saturated heterocycles. The van der Waals surface area contributed by atoms with Gasteiger partial charge in [0.05, 0.1) is 12.5 Å². The normalized spacial score (nSPS) is 21.6. The van der Waals surface area contributed by atoms with Gasteiger partial charge in [-0.1, -0.05) is 6.07 Å². The van der Waals surface area contributed by atoms with E-state index in [2.05, 4.69) is 0 Å². The van der Waals surface area contributed by atoms with Gasteiger partial charge in [0.2, 0.25) is 6.79 Å². The number of Topliss-reactive ketones (excluding diaryl/α,β-unsaturated/α-hetero) is 2. The van der Waals surface area contributed by atoms with Gasteiger partial charge in [0.25, 0.3) is 0 Å². The fourth-order valence-corrected chi connectivity index (χ4v) is 2.76. The maximum absolute atomic E-state index is 11.9. The highest BCUT2D eigenvalue weighted by Crippen LogP contribution is 2.33. The first kappa shape index (κ1) is 13.1. The van der Waals surface area contributed by atoms with E-state index >= 15 is 0 Å². The SMILES string of the molecule is CN(Cc1ccc2c(c1)OCO2)C1CCC(=O)CC1=O. The van der Waals surface area contributed by atoms with Gasteiger partial charge in [0.15, 0.2) is 17.3 Å². The zero-order chi connectivity index (χ0) is 14.1. The van der Waals surface area contributed by atoms with Gasteiger partial charge in [0.1, 0.15) is 5.78 Å². The van der Waals surface area contributed by atoms with Crippen LogP contribution >= 0.6 is 0 Å². The molecule has 1 aromatic carbocycles. The van der Waals surface area contributed by atoms with Crippen LogP contribution in [0.4, 0.5) is 0 Å². The van der Waals surface area contributed by atoms with Gasteiger partial charge in [0, 0.05) is 13.0 Å². The zero-order valence-corrected chi connectivity index (χ0v) is 11.4. The molecule has 0 amide bonds. The number of hydrogen-bond acceptors (Lipinski definition) is 5. The minimum atomic E-state index is -0.155. The van der Waals surface area contributed by atoms with Crippen LogP contribution in [0.3, 0.4) is 0 Å². The number of ketones is 2. The highest BCUT2D eigenvalue weighted by Gasteiger charge is 2.30. The Hall–Kier alpha value is -1.88. The average molecular weight is 275 g/mol. The number of fused-ring (bicyclic) bond motifs is 1. The van der Waals surface area contributed by atoms with Crippen molar-refractivity contribution in [1.82, 2.24) is 4.90 Å². The molecule has 1 heterocycles. The minimum absolute atomic E-state index is 0.0319. The van der Waals surface area contributed by atoms with Crippen molar-refractivity contribution in [3.63, 3.8) is 0 Å². The fourth-order valence-electron chi connectivity index (χ4n) is 2.76. The Morgan fingerprint density at radius 1 is 1.25 bits per heavy atom. The van der Waals surface area contributed by atoms with Crippen molar-refractivity contribution in [2.24, 2.45) is 0 Å². The highest BCUT2D eigenvalue weighted by molar-refractivity contribution is 6.03. The number of benzene rings is 1. The number of rotatable bonds is 3. The van der Waals surface area contributed by atoms with Crippen LogP contribution in [0, 0.1) is 0 Å². The minimum Gasteiger partial charge on any atom is -0.454 e. The number of carbonyl (C=O) groups is 2. The lowest BCUT2D eigenvalue weighted by atomic mass is 9.92. The first-order valence-corrected chi connectivity index (χ1v) is 6.76. The molecule has 1 saturated carbocycles. The van der Waals surface area contributed by atoms with E-state index < -0.39 is 0 Å². The second kappa shape index (κ2) is 5.25. The monoisotopic (exact) mass is 275 g/mol. The van der Waals surface area contributed by atoms with Crippen LogP contribution in [0.25, 0.3) is 0 Å². The molecular formula is C15H17NO4. The predicted molar refractivity (Wildman–Crippen MR) is 71.7 cm³/mol. The predicted octanol–water partition coefficient (Wildman–Crippen LogP) is 1.54. The van der Waals surface area contributed by atoms with Gasteiger partial charge in [-0.2, -0.15) is 0 Å². The van der Waals surface area contributed by atoms with Crippen molar-refractivity contribution in [3.8, 4) is 11.5 Å². The van der Waals surface area contributed by atoms with Gasteiger partial charge in [-0.3, -0.25) is 14.5 Å². The standard InChI is InChI=1S/C15H17NO4/c1-16(12-4-3-11(17)7-13(12)18)8-10-2-5-14-15(6-10)20-9-19-14/h2,5-6,12H,3-4,7-9H2,1H3. The Balaban J connectivity index is 1.68. The molecule has 20 heavy (non-hydrogen) atoms. The highest BCUT2D eigenvalue weighted by atomic mass is 16.7. The number of ether oxygens (including phenoxy) is 2. The summed E-state index contributed by atoms with van der Waals surface area (Å²) in [5.41, 5.74) is 1.07. The van der Waals surface area contributed by atoms with Crippen molar-refractivity contribution in [3.05, 3.63) is 23.8 Å². The third-order valence-electron chi connectivity index (χ3n) is 3.84. The van der Waals surface area contributed by atoms with Crippen LogP contribution in [0.15, 0.2) is 18.2 Å². The van der Waals surface area contributed by atoms with E-state index in [0.717, 1.165) is 17.1 Å². The summed E-state index contributed by atoms with van der Waals surface area (Å²) in [6, 6.07) is 5.65. The molecular weight excluding hydrogens is 258 g/mol. The van der Waals surface area contributed by atoms with Gasteiger partial charge in [-0.15, -0.1) is 0 Å². The summed E-state index contributed by atoms with van der Waals surface area (Å²) in [5.74, 6) is 1.60. The van der Waals surface area contributed by atoms with Crippen LogP contribution < -0.4 is 9.47 Å². The Labute approximate surface area is 117 Å². The summed E-state index contributed by atoms with van der Waals surface area (Å²) >= 11 is 0. The third-order valence-corrected chi connectivity index (χ3v) is 3.84. The molecule has 0 bridgehead atoms. The molecule has 1 aliphatic heterocycles. The first-order valence-electron chi connectivity index (χ1n) is 6.76. The third kappa shape index (κ3) is 2.54. The molecule has 0 spiro atoms. The molecule has 2 aliphatic rings. The molecule has 0 aromatic heterocycles. The number of hydrogen-bond donors (Lipinski definition) is 0.